The van der Waals surface area contributed by atoms with Gasteiger partial charge in [0.25, 0.3) is 0 Å². The molecule has 0 saturated carbocycles. The van der Waals surface area contributed by atoms with E-state index in [-0.39, 0.29) is 0 Å². The van der Waals surface area contributed by atoms with Crippen molar-refractivity contribution >= 4 is 5.95 Å². The Morgan fingerprint density at radius 3 is 2.68 bits per heavy atom. The number of likely N-dealkylation sites (N-methyl/N-ethyl adjacent to an activating group) is 1. The van der Waals surface area contributed by atoms with E-state index in [1.165, 1.54) is 0 Å². The number of aryl methyl sites for hydroxylation is 1. The van der Waals surface area contributed by atoms with Gasteiger partial charge in [0.2, 0.25) is 5.95 Å². The van der Waals surface area contributed by atoms with Crippen LogP contribution in [0.5, 0.6) is 0 Å². The Hall–Kier alpha value is -1.07. The van der Waals surface area contributed by atoms with Gasteiger partial charge in [-0.15, -0.1) is 0 Å². The molecule has 1 N–H and O–H groups in total. The minimum Gasteiger partial charge on any atom is -0.383 e. The van der Waals surface area contributed by atoms with Gasteiger partial charge in [-0.1, -0.05) is 13.8 Å². The van der Waals surface area contributed by atoms with E-state index in [0.717, 1.165) is 37.8 Å². The first-order valence-electron chi connectivity index (χ1n) is 7.12. The minimum absolute atomic E-state index is 0.294. The maximum atomic E-state index is 5.22. The van der Waals surface area contributed by atoms with Gasteiger partial charge in [-0.2, -0.15) is 0 Å². The van der Waals surface area contributed by atoms with Crippen molar-refractivity contribution in [2.45, 2.75) is 33.7 Å². The maximum absolute atomic E-state index is 5.22. The van der Waals surface area contributed by atoms with Crippen LogP contribution in [0.2, 0.25) is 0 Å². The molecule has 0 fully saturated rings. The van der Waals surface area contributed by atoms with Gasteiger partial charge in [-0.25, -0.2) is 4.98 Å². The molecule has 1 rings (SSSR count). The highest BCUT2D eigenvalue weighted by Gasteiger charge is 2.11. The van der Waals surface area contributed by atoms with E-state index in [2.05, 4.69) is 46.7 Å². The number of anilines is 1. The summed E-state index contributed by atoms with van der Waals surface area (Å²) in [5, 5.41) is 3.43. The normalized spacial score (nSPS) is 12.9. The third kappa shape index (κ3) is 4.84. The van der Waals surface area contributed by atoms with Gasteiger partial charge >= 0.3 is 0 Å². The number of ether oxygens (including phenoxy) is 1. The molecule has 0 saturated heterocycles. The standard InChI is InChI=1S/C14H28N4O/c1-6-17(7-2)9-8-15-14-16-12(3)10-18(14)13(4)11-19-5/h10,13H,6-9,11H2,1-5H3,(H,15,16). The second-order valence-corrected chi connectivity index (χ2v) is 4.87. The fourth-order valence-electron chi connectivity index (χ4n) is 2.17. The van der Waals surface area contributed by atoms with Gasteiger partial charge in [-0.05, 0) is 26.9 Å². The molecule has 0 aromatic carbocycles. The van der Waals surface area contributed by atoms with Crippen molar-refractivity contribution in [3.8, 4) is 0 Å². The van der Waals surface area contributed by atoms with Crippen LogP contribution in [0.4, 0.5) is 5.95 Å². The van der Waals surface area contributed by atoms with E-state index in [0.29, 0.717) is 12.6 Å². The van der Waals surface area contributed by atoms with E-state index >= 15 is 0 Å². The number of rotatable bonds is 9. The monoisotopic (exact) mass is 268 g/mol. The zero-order valence-corrected chi connectivity index (χ0v) is 12.9. The van der Waals surface area contributed by atoms with Crippen LogP contribution >= 0.6 is 0 Å². The van der Waals surface area contributed by atoms with Crippen LogP contribution in [-0.4, -0.2) is 54.3 Å². The fraction of sp³-hybridized carbons (Fsp3) is 0.786. The summed E-state index contributed by atoms with van der Waals surface area (Å²) in [7, 11) is 1.73. The summed E-state index contributed by atoms with van der Waals surface area (Å²) < 4.78 is 7.37. The van der Waals surface area contributed by atoms with Gasteiger partial charge in [-0.3, -0.25) is 0 Å². The Bertz CT molecular complexity index is 360. The lowest BCUT2D eigenvalue weighted by molar-refractivity contribution is 0.163. The molecule has 0 amide bonds. The summed E-state index contributed by atoms with van der Waals surface area (Å²) in [5.41, 5.74) is 1.04. The predicted molar refractivity (Wildman–Crippen MR) is 79.8 cm³/mol. The highest BCUT2D eigenvalue weighted by molar-refractivity contribution is 5.29. The lowest BCUT2D eigenvalue weighted by atomic mass is 10.3. The van der Waals surface area contributed by atoms with E-state index in [1.54, 1.807) is 7.11 Å². The molecule has 0 aliphatic carbocycles. The molecule has 0 aliphatic heterocycles. The van der Waals surface area contributed by atoms with Gasteiger partial charge in [0.15, 0.2) is 0 Å². The molecule has 1 heterocycles. The topological polar surface area (TPSA) is 42.3 Å². The summed E-state index contributed by atoms with van der Waals surface area (Å²) in [4.78, 5) is 6.93. The first-order chi connectivity index (χ1) is 9.12. The summed E-state index contributed by atoms with van der Waals surface area (Å²) >= 11 is 0. The molecule has 0 radical (unpaired) electrons. The Labute approximate surface area is 117 Å². The second-order valence-electron chi connectivity index (χ2n) is 4.87. The Morgan fingerprint density at radius 1 is 1.42 bits per heavy atom. The van der Waals surface area contributed by atoms with E-state index in [4.69, 9.17) is 4.74 Å². The summed E-state index contributed by atoms with van der Waals surface area (Å²) in [6.45, 7) is 13.4. The smallest absolute Gasteiger partial charge is 0.203 e. The third-order valence-corrected chi connectivity index (χ3v) is 3.34. The number of methoxy groups -OCH3 is 1. The zero-order valence-electron chi connectivity index (χ0n) is 12.9. The van der Waals surface area contributed by atoms with Crippen molar-refractivity contribution in [1.29, 1.82) is 0 Å². The van der Waals surface area contributed by atoms with Gasteiger partial charge in [0.05, 0.1) is 18.3 Å². The van der Waals surface area contributed by atoms with Crippen LogP contribution < -0.4 is 5.32 Å². The highest BCUT2D eigenvalue weighted by Crippen LogP contribution is 2.15. The van der Waals surface area contributed by atoms with Gasteiger partial charge < -0.3 is 19.5 Å². The SMILES string of the molecule is CCN(CC)CCNc1nc(C)cn1C(C)COC. The number of imidazole rings is 1. The van der Waals surface area contributed by atoms with Gasteiger partial charge in [0, 0.05) is 26.4 Å². The number of hydrogen-bond acceptors (Lipinski definition) is 4. The Kier molecular flexibility index (Phi) is 6.87. The number of hydrogen-bond donors (Lipinski definition) is 1. The molecule has 5 heteroatoms. The molecule has 110 valence electrons. The van der Waals surface area contributed by atoms with Crippen LogP contribution in [0.15, 0.2) is 6.20 Å². The molecule has 1 aromatic rings. The highest BCUT2D eigenvalue weighted by atomic mass is 16.5. The van der Waals surface area contributed by atoms with Crippen molar-refractivity contribution in [2.24, 2.45) is 0 Å². The predicted octanol–water partition coefficient (Wildman–Crippen LogP) is 2.15. The lowest BCUT2D eigenvalue weighted by Gasteiger charge is -2.20. The average Bonchev–Trinajstić information content (AvgIpc) is 2.76. The number of nitrogens with one attached hydrogen (secondary N) is 1. The first kappa shape index (κ1) is 16.0. The molecule has 0 spiro atoms. The zero-order chi connectivity index (χ0) is 14.3. The van der Waals surface area contributed by atoms with Crippen molar-refractivity contribution in [2.75, 3.05) is 45.2 Å². The molecule has 1 atom stereocenters. The van der Waals surface area contributed by atoms with Crippen LogP contribution in [0.25, 0.3) is 0 Å². The Morgan fingerprint density at radius 2 is 2.11 bits per heavy atom. The average molecular weight is 268 g/mol. The van der Waals surface area contributed by atoms with Crippen molar-refractivity contribution in [3.63, 3.8) is 0 Å². The van der Waals surface area contributed by atoms with E-state index in [1.807, 2.05) is 6.92 Å². The minimum atomic E-state index is 0.294. The maximum Gasteiger partial charge on any atom is 0.203 e. The van der Waals surface area contributed by atoms with E-state index in [9.17, 15) is 0 Å². The third-order valence-electron chi connectivity index (χ3n) is 3.34. The Balaban J connectivity index is 2.57. The quantitative estimate of drug-likeness (QED) is 0.745. The molecule has 0 bridgehead atoms. The number of nitrogens with zero attached hydrogens (tertiary/aromatic N) is 3. The largest absolute Gasteiger partial charge is 0.383 e. The van der Waals surface area contributed by atoms with Crippen molar-refractivity contribution in [1.82, 2.24) is 14.5 Å². The summed E-state index contributed by atoms with van der Waals surface area (Å²) in [6, 6.07) is 0.294. The molecular weight excluding hydrogens is 240 g/mol. The lowest BCUT2D eigenvalue weighted by Crippen LogP contribution is -2.29. The van der Waals surface area contributed by atoms with Crippen LogP contribution in [0, 0.1) is 6.92 Å². The number of aromatic nitrogens is 2. The molecule has 19 heavy (non-hydrogen) atoms. The summed E-state index contributed by atoms with van der Waals surface area (Å²) in [6.07, 6.45) is 2.07. The summed E-state index contributed by atoms with van der Waals surface area (Å²) in [5.74, 6) is 0.939. The van der Waals surface area contributed by atoms with Crippen LogP contribution in [-0.2, 0) is 4.74 Å². The molecule has 5 nitrogen and oxygen atoms in total. The first-order valence-corrected chi connectivity index (χ1v) is 7.12. The fourth-order valence-corrected chi connectivity index (χ4v) is 2.17. The van der Waals surface area contributed by atoms with Crippen LogP contribution in [0.1, 0.15) is 32.5 Å². The molecule has 1 aromatic heterocycles. The van der Waals surface area contributed by atoms with Crippen molar-refractivity contribution < 1.29 is 4.74 Å². The van der Waals surface area contributed by atoms with Crippen molar-refractivity contribution in [3.05, 3.63) is 11.9 Å². The molecule has 1 unspecified atom stereocenters. The molecular formula is C14H28N4O. The van der Waals surface area contributed by atoms with E-state index < -0.39 is 0 Å². The van der Waals surface area contributed by atoms with Crippen LogP contribution in [0.3, 0.4) is 0 Å². The van der Waals surface area contributed by atoms with Gasteiger partial charge in [0.1, 0.15) is 0 Å². The molecule has 0 aliphatic rings. The second kappa shape index (κ2) is 8.17.